The van der Waals surface area contributed by atoms with Gasteiger partial charge in [-0.15, -0.1) is 0 Å². The summed E-state index contributed by atoms with van der Waals surface area (Å²) in [5, 5.41) is 11.1. The number of pyridine rings is 1. The number of aromatic nitrogens is 1. The van der Waals surface area contributed by atoms with Crippen molar-refractivity contribution in [1.82, 2.24) is 4.98 Å². The van der Waals surface area contributed by atoms with Crippen molar-refractivity contribution in [3.8, 4) is 0 Å². The summed E-state index contributed by atoms with van der Waals surface area (Å²) in [4.78, 5) is 4.27. The molecule has 1 aromatic heterocycles. The molecular formula is C14H13BrClNO. The molecule has 0 fully saturated rings. The molecule has 0 aliphatic carbocycles. The third-order valence-corrected chi connectivity index (χ3v) is 3.57. The lowest BCUT2D eigenvalue weighted by Gasteiger charge is -2.24. The van der Waals surface area contributed by atoms with Crippen molar-refractivity contribution in [1.29, 1.82) is 0 Å². The molecule has 4 heteroatoms. The van der Waals surface area contributed by atoms with E-state index in [0.29, 0.717) is 11.4 Å². The first-order chi connectivity index (χ1) is 8.49. The second kappa shape index (κ2) is 5.39. The third kappa shape index (κ3) is 3.10. The highest BCUT2D eigenvalue weighted by Crippen LogP contribution is 2.30. The minimum Gasteiger partial charge on any atom is -0.385 e. The van der Waals surface area contributed by atoms with Crippen molar-refractivity contribution in [3.63, 3.8) is 0 Å². The molecular weight excluding hydrogens is 314 g/mol. The Labute approximate surface area is 120 Å². The predicted molar refractivity (Wildman–Crippen MR) is 76.7 cm³/mol. The molecule has 1 unspecified atom stereocenters. The van der Waals surface area contributed by atoms with E-state index in [1.807, 2.05) is 30.3 Å². The van der Waals surface area contributed by atoms with E-state index in [4.69, 9.17) is 11.6 Å². The van der Waals surface area contributed by atoms with Crippen LogP contribution in [0, 0.1) is 0 Å². The highest BCUT2D eigenvalue weighted by atomic mass is 79.9. The van der Waals surface area contributed by atoms with E-state index in [1.165, 1.54) is 0 Å². The van der Waals surface area contributed by atoms with Gasteiger partial charge in [0.2, 0.25) is 0 Å². The van der Waals surface area contributed by atoms with Gasteiger partial charge in [-0.05, 0) is 41.1 Å². The number of halogens is 2. The fraction of sp³-hybridized carbons (Fsp3) is 0.214. The molecule has 1 heterocycles. The molecule has 0 radical (unpaired) electrons. The van der Waals surface area contributed by atoms with E-state index in [1.54, 1.807) is 19.2 Å². The third-order valence-electron chi connectivity index (χ3n) is 2.77. The normalized spacial score (nSPS) is 14.2. The molecule has 1 atom stereocenters. The average molecular weight is 327 g/mol. The zero-order chi connectivity index (χ0) is 13.2. The number of benzene rings is 1. The van der Waals surface area contributed by atoms with Gasteiger partial charge in [-0.1, -0.05) is 29.8 Å². The predicted octanol–water partition coefficient (Wildman–Crippen LogP) is 3.95. The van der Waals surface area contributed by atoms with E-state index in [2.05, 4.69) is 20.9 Å². The molecule has 94 valence electrons. The number of hydrogen-bond donors (Lipinski definition) is 1. The molecule has 1 aromatic carbocycles. The summed E-state index contributed by atoms with van der Waals surface area (Å²) in [6.07, 6.45) is 2.14. The van der Waals surface area contributed by atoms with E-state index < -0.39 is 5.60 Å². The van der Waals surface area contributed by atoms with Gasteiger partial charge in [0, 0.05) is 33.4 Å². The van der Waals surface area contributed by atoms with Gasteiger partial charge < -0.3 is 5.11 Å². The van der Waals surface area contributed by atoms with Crippen LogP contribution in [-0.4, -0.2) is 10.1 Å². The Kier molecular flexibility index (Phi) is 4.05. The fourth-order valence-electron chi connectivity index (χ4n) is 1.86. The van der Waals surface area contributed by atoms with E-state index >= 15 is 0 Å². The monoisotopic (exact) mass is 325 g/mol. The Balaban J connectivity index is 2.27. The van der Waals surface area contributed by atoms with Gasteiger partial charge >= 0.3 is 0 Å². The highest BCUT2D eigenvalue weighted by Gasteiger charge is 2.26. The van der Waals surface area contributed by atoms with Crippen molar-refractivity contribution >= 4 is 27.5 Å². The topological polar surface area (TPSA) is 33.1 Å². The van der Waals surface area contributed by atoms with Crippen molar-refractivity contribution in [3.05, 3.63) is 63.3 Å². The highest BCUT2D eigenvalue weighted by molar-refractivity contribution is 9.10. The van der Waals surface area contributed by atoms with E-state index in [0.717, 1.165) is 15.7 Å². The standard InChI is InChI=1S/C14H13BrClNO/c1-14(18,12-4-2-3-5-13(12)16)8-11-7-6-10(15)9-17-11/h2-7,9,18H,8H2,1H3. The second-order valence-electron chi connectivity index (χ2n) is 4.40. The van der Waals surface area contributed by atoms with Crippen LogP contribution in [0.5, 0.6) is 0 Å². The second-order valence-corrected chi connectivity index (χ2v) is 5.72. The summed E-state index contributed by atoms with van der Waals surface area (Å²) in [7, 11) is 0. The van der Waals surface area contributed by atoms with Crippen LogP contribution in [0.25, 0.3) is 0 Å². The Morgan fingerprint density at radius 3 is 2.61 bits per heavy atom. The summed E-state index contributed by atoms with van der Waals surface area (Å²) in [5.41, 5.74) is 0.513. The maximum atomic E-state index is 10.6. The van der Waals surface area contributed by atoms with Crippen LogP contribution in [0.4, 0.5) is 0 Å². The molecule has 0 saturated carbocycles. The van der Waals surface area contributed by atoms with Crippen LogP contribution in [0.15, 0.2) is 47.1 Å². The minimum atomic E-state index is -1.03. The first kappa shape index (κ1) is 13.5. The summed E-state index contributed by atoms with van der Waals surface area (Å²) < 4.78 is 0.920. The van der Waals surface area contributed by atoms with Crippen molar-refractivity contribution in [2.45, 2.75) is 18.9 Å². The van der Waals surface area contributed by atoms with Crippen LogP contribution in [0.3, 0.4) is 0 Å². The molecule has 0 aliphatic rings. The molecule has 0 bridgehead atoms. The Bertz CT molecular complexity index is 540. The lowest BCUT2D eigenvalue weighted by atomic mass is 9.91. The number of nitrogens with zero attached hydrogens (tertiary/aromatic N) is 1. The summed E-state index contributed by atoms with van der Waals surface area (Å²) >= 11 is 9.45. The molecule has 2 aromatic rings. The molecule has 18 heavy (non-hydrogen) atoms. The van der Waals surface area contributed by atoms with E-state index in [-0.39, 0.29) is 0 Å². The van der Waals surface area contributed by atoms with Crippen LogP contribution >= 0.6 is 27.5 Å². The van der Waals surface area contributed by atoms with Crippen LogP contribution in [-0.2, 0) is 12.0 Å². The van der Waals surface area contributed by atoms with Crippen molar-refractivity contribution in [2.75, 3.05) is 0 Å². The summed E-state index contributed by atoms with van der Waals surface area (Å²) in [6.45, 7) is 1.75. The molecule has 2 rings (SSSR count). The van der Waals surface area contributed by atoms with Crippen molar-refractivity contribution < 1.29 is 5.11 Å². The van der Waals surface area contributed by atoms with Gasteiger partial charge in [-0.3, -0.25) is 4.98 Å². The zero-order valence-corrected chi connectivity index (χ0v) is 12.2. The van der Waals surface area contributed by atoms with Gasteiger partial charge in [-0.2, -0.15) is 0 Å². The lowest BCUT2D eigenvalue weighted by molar-refractivity contribution is 0.0567. The van der Waals surface area contributed by atoms with Crippen molar-refractivity contribution in [2.24, 2.45) is 0 Å². The van der Waals surface area contributed by atoms with E-state index in [9.17, 15) is 5.11 Å². The Hall–Kier alpha value is -0.900. The SMILES string of the molecule is CC(O)(Cc1ccc(Br)cn1)c1ccccc1Cl. The smallest absolute Gasteiger partial charge is 0.0938 e. The molecule has 2 nitrogen and oxygen atoms in total. The number of aliphatic hydroxyl groups is 1. The first-order valence-corrected chi connectivity index (χ1v) is 6.74. The summed E-state index contributed by atoms with van der Waals surface area (Å²) in [6, 6.07) is 11.1. The van der Waals surface area contributed by atoms with Crippen LogP contribution < -0.4 is 0 Å². The minimum absolute atomic E-state index is 0.421. The molecule has 0 amide bonds. The van der Waals surface area contributed by atoms with Gasteiger partial charge in [0.1, 0.15) is 0 Å². The zero-order valence-electron chi connectivity index (χ0n) is 9.90. The molecule has 0 saturated heterocycles. The lowest BCUT2D eigenvalue weighted by Crippen LogP contribution is -2.25. The van der Waals surface area contributed by atoms with Gasteiger partial charge in [0.15, 0.2) is 0 Å². The maximum absolute atomic E-state index is 10.6. The van der Waals surface area contributed by atoms with Gasteiger partial charge in [0.05, 0.1) is 5.60 Å². The van der Waals surface area contributed by atoms with Gasteiger partial charge in [0.25, 0.3) is 0 Å². The number of rotatable bonds is 3. The summed E-state index contributed by atoms with van der Waals surface area (Å²) in [5.74, 6) is 0. The van der Waals surface area contributed by atoms with Gasteiger partial charge in [-0.25, -0.2) is 0 Å². The quantitative estimate of drug-likeness (QED) is 0.926. The molecule has 1 N–H and O–H groups in total. The number of hydrogen-bond acceptors (Lipinski definition) is 2. The first-order valence-electron chi connectivity index (χ1n) is 5.57. The fourth-order valence-corrected chi connectivity index (χ4v) is 2.43. The van der Waals surface area contributed by atoms with Crippen LogP contribution in [0.1, 0.15) is 18.2 Å². The Morgan fingerprint density at radius 1 is 1.28 bits per heavy atom. The largest absolute Gasteiger partial charge is 0.385 e. The Morgan fingerprint density at radius 2 is 2.00 bits per heavy atom. The molecule has 0 spiro atoms. The average Bonchev–Trinajstić information content (AvgIpc) is 2.32. The maximum Gasteiger partial charge on any atom is 0.0938 e. The molecule has 0 aliphatic heterocycles. The van der Waals surface area contributed by atoms with Crippen LogP contribution in [0.2, 0.25) is 5.02 Å².